The van der Waals surface area contributed by atoms with Gasteiger partial charge in [-0.1, -0.05) is 47.5 Å². The zero-order valence-corrected chi connectivity index (χ0v) is 13.3. The van der Waals surface area contributed by atoms with Crippen LogP contribution in [0.4, 0.5) is 5.69 Å². The Bertz CT molecular complexity index is 798. The summed E-state index contributed by atoms with van der Waals surface area (Å²) in [6, 6.07) is 14.6. The third-order valence-electron chi connectivity index (χ3n) is 3.32. The summed E-state index contributed by atoms with van der Waals surface area (Å²) >= 11 is 11.9. The van der Waals surface area contributed by atoms with Crippen LogP contribution < -0.4 is 5.01 Å². The highest BCUT2D eigenvalue weighted by Crippen LogP contribution is 2.27. The van der Waals surface area contributed by atoms with E-state index in [1.807, 2.05) is 43.3 Å². The summed E-state index contributed by atoms with van der Waals surface area (Å²) in [6.07, 6.45) is 1.77. The van der Waals surface area contributed by atoms with Gasteiger partial charge in [0.15, 0.2) is 0 Å². The number of hydrogen-bond donors (Lipinski definition) is 0. The molecule has 1 aliphatic heterocycles. The van der Waals surface area contributed by atoms with Crippen molar-refractivity contribution in [1.82, 2.24) is 0 Å². The number of hydrogen-bond acceptors (Lipinski definition) is 2. The number of carbonyl (C=O) groups is 1. The normalized spacial score (nSPS) is 16.3. The van der Waals surface area contributed by atoms with Gasteiger partial charge in [0.2, 0.25) is 0 Å². The van der Waals surface area contributed by atoms with Gasteiger partial charge < -0.3 is 0 Å². The molecule has 2 aromatic carbocycles. The van der Waals surface area contributed by atoms with Crippen LogP contribution in [0.1, 0.15) is 12.5 Å². The van der Waals surface area contributed by atoms with Gasteiger partial charge in [0.25, 0.3) is 5.91 Å². The van der Waals surface area contributed by atoms with Gasteiger partial charge in [-0.3, -0.25) is 4.79 Å². The van der Waals surface area contributed by atoms with Crippen LogP contribution in [0.15, 0.2) is 59.2 Å². The third-order valence-corrected chi connectivity index (χ3v) is 4.06. The first-order chi connectivity index (χ1) is 10.6. The Labute approximate surface area is 138 Å². The molecule has 1 amide bonds. The number of carbonyl (C=O) groups excluding carboxylic acids is 1. The molecule has 0 spiro atoms. The summed E-state index contributed by atoms with van der Waals surface area (Å²) in [5.41, 5.74) is 2.76. The van der Waals surface area contributed by atoms with E-state index in [9.17, 15) is 4.79 Å². The lowest BCUT2D eigenvalue weighted by Gasteiger charge is -2.11. The molecule has 1 heterocycles. The Morgan fingerprint density at radius 1 is 1.05 bits per heavy atom. The zero-order valence-electron chi connectivity index (χ0n) is 11.8. The zero-order chi connectivity index (χ0) is 15.7. The average Bonchev–Trinajstić information content (AvgIpc) is 2.80. The van der Waals surface area contributed by atoms with E-state index in [-0.39, 0.29) is 5.91 Å². The van der Waals surface area contributed by atoms with E-state index in [0.29, 0.717) is 21.3 Å². The summed E-state index contributed by atoms with van der Waals surface area (Å²) in [4.78, 5) is 12.6. The van der Waals surface area contributed by atoms with E-state index >= 15 is 0 Å². The van der Waals surface area contributed by atoms with E-state index in [2.05, 4.69) is 5.10 Å². The van der Waals surface area contributed by atoms with E-state index in [1.54, 1.807) is 18.2 Å². The Morgan fingerprint density at radius 2 is 1.77 bits per heavy atom. The van der Waals surface area contributed by atoms with Crippen molar-refractivity contribution in [2.24, 2.45) is 5.10 Å². The summed E-state index contributed by atoms with van der Waals surface area (Å²) in [7, 11) is 0. The highest BCUT2D eigenvalue weighted by molar-refractivity contribution is 6.42. The monoisotopic (exact) mass is 330 g/mol. The Balaban J connectivity index is 1.96. The van der Waals surface area contributed by atoms with Crippen molar-refractivity contribution in [2.75, 3.05) is 5.01 Å². The molecule has 0 fully saturated rings. The van der Waals surface area contributed by atoms with Crippen LogP contribution in [0.3, 0.4) is 0 Å². The average molecular weight is 331 g/mol. The molecule has 0 aliphatic carbocycles. The summed E-state index contributed by atoms with van der Waals surface area (Å²) in [5, 5.41) is 6.67. The van der Waals surface area contributed by atoms with E-state index in [1.165, 1.54) is 5.01 Å². The van der Waals surface area contributed by atoms with Crippen molar-refractivity contribution in [3.63, 3.8) is 0 Å². The smallest absolute Gasteiger partial charge is 0.267 e. The lowest BCUT2D eigenvalue weighted by Crippen LogP contribution is -2.21. The molecule has 1 aliphatic rings. The molecule has 2 aromatic rings. The van der Waals surface area contributed by atoms with E-state index < -0.39 is 0 Å². The molecule has 0 N–H and O–H groups in total. The van der Waals surface area contributed by atoms with Gasteiger partial charge >= 0.3 is 0 Å². The molecule has 0 unspecified atom stereocenters. The molecule has 0 saturated carbocycles. The minimum absolute atomic E-state index is 0.158. The lowest BCUT2D eigenvalue weighted by atomic mass is 10.1. The van der Waals surface area contributed by atoms with Gasteiger partial charge in [-0.25, -0.2) is 0 Å². The predicted octanol–water partition coefficient (Wildman–Crippen LogP) is 4.80. The van der Waals surface area contributed by atoms with Crippen molar-refractivity contribution in [2.45, 2.75) is 6.92 Å². The van der Waals surface area contributed by atoms with Crippen molar-refractivity contribution >= 4 is 46.6 Å². The van der Waals surface area contributed by atoms with Crippen LogP contribution in [-0.2, 0) is 4.79 Å². The van der Waals surface area contributed by atoms with Crippen LogP contribution in [0.25, 0.3) is 6.08 Å². The van der Waals surface area contributed by atoms with E-state index in [0.717, 1.165) is 11.3 Å². The molecule has 22 heavy (non-hydrogen) atoms. The highest BCUT2D eigenvalue weighted by atomic mass is 35.5. The minimum atomic E-state index is -0.158. The molecule has 3 rings (SSSR count). The maximum Gasteiger partial charge on any atom is 0.280 e. The van der Waals surface area contributed by atoms with Gasteiger partial charge in [-0.2, -0.15) is 10.1 Å². The second kappa shape index (κ2) is 5.95. The molecule has 0 saturated heterocycles. The van der Waals surface area contributed by atoms with Crippen molar-refractivity contribution < 1.29 is 4.79 Å². The van der Waals surface area contributed by atoms with Crippen LogP contribution in [0.2, 0.25) is 10.0 Å². The fraction of sp³-hybridized carbons (Fsp3) is 0.0588. The van der Waals surface area contributed by atoms with Crippen molar-refractivity contribution in [3.05, 3.63) is 69.7 Å². The molecule has 0 atom stereocenters. The van der Waals surface area contributed by atoms with Crippen LogP contribution in [-0.4, -0.2) is 11.6 Å². The first-order valence-corrected chi connectivity index (χ1v) is 7.43. The van der Waals surface area contributed by atoms with Gasteiger partial charge in [0.1, 0.15) is 0 Å². The standard InChI is InChI=1S/C17H12Cl2N2O/c1-11-14(9-12-7-8-15(18)16(19)10-12)17(22)21(20-11)13-5-3-2-4-6-13/h2-10H,1H3. The number of hydrazone groups is 1. The van der Waals surface area contributed by atoms with Crippen LogP contribution in [0, 0.1) is 0 Å². The number of rotatable bonds is 2. The molecule has 0 aromatic heterocycles. The number of para-hydroxylation sites is 1. The molecular weight excluding hydrogens is 319 g/mol. The fourth-order valence-corrected chi connectivity index (χ4v) is 2.50. The second-order valence-corrected chi connectivity index (χ2v) is 5.68. The number of halogens is 2. The Morgan fingerprint density at radius 3 is 2.45 bits per heavy atom. The van der Waals surface area contributed by atoms with Crippen molar-refractivity contribution in [3.8, 4) is 0 Å². The SMILES string of the molecule is CC1=NN(c2ccccc2)C(=O)C1=Cc1ccc(Cl)c(Cl)c1. The maximum atomic E-state index is 12.6. The summed E-state index contributed by atoms with van der Waals surface area (Å²) < 4.78 is 0. The predicted molar refractivity (Wildman–Crippen MR) is 91.5 cm³/mol. The Hall–Kier alpha value is -2.10. The Kier molecular flexibility index (Phi) is 4.01. The second-order valence-electron chi connectivity index (χ2n) is 4.87. The minimum Gasteiger partial charge on any atom is -0.267 e. The number of amides is 1. The molecule has 0 bridgehead atoms. The largest absolute Gasteiger partial charge is 0.280 e. The molecule has 0 radical (unpaired) electrons. The third kappa shape index (κ3) is 2.78. The molecule has 110 valence electrons. The topological polar surface area (TPSA) is 32.7 Å². The molecule has 5 heteroatoms. The van der Waals surface area contributed by atoms with Gasteiger partial charge in [-0.05, 0) is 42.8 Å². The van der Waals surface area contributed by atoms with Crippen LogP contribution in [0.5, 0.6) is 0 Å². The quantitative estimate of drug-likeness (QED) is 0.728. The maximum absolute atomic E-state index is 12.6. The molecule has 3 nitrogen and oxygen atoms in total. The first kappa shape index (κ1) is 14.8. The number of benzene rings is 2. The van der Waals surface area contributed by atoms with Gasteiger partial charge in [-0.15, -0.1) is 0 Å². The summed E-state index contributed by atoms with van der Waals surface area (Å²) in [6.45, 7) is 1.81. The fourth-order valence-electron chi connectivity index (χ4n) is 2.20. The highest BCUT2D eigenvalue weighted by Gasteiger charge is 2.28. The van der Waals surface area contributed by atoms with Gasteiger partial charge in [0, 0.05) is 0 Å². The first-order valence-electron chi connectivity index (χ1n) is 6.68. The lowest BCUT2D eigenvalue weighted by molar-refractivity contribution is -0.114. The number of anilines is 1. The van der Waals surface area contributed by atoms with E-state index in [4.69, 9.17) is 23.2 Å². The molecular formula is C17H12Cl2N2O. The number of nitrogens with zero attached hydrogens (tertiary/aromatic N) is 2. The van der Waals surface area contributed by atoms with Crippen LogP contribution >= 0.6 is 23.2 Å². The van der Waals surface area contributed by atoms with Crippen molar-refractivity contribution in [1.29, 1.82) is 0 Å². The summed E-state index contributed by atoms with van der Waals surface area (Å²) in [5.74, 6) is -0.158. The van der Waals surface area contributed by atoms with Gasteiger partial charge in [0.05, 0.1) is 27.0 Å².